The summed E-state index contributed by atoms with van der Waals surface area (Å²) in [7, 11) is 0. The molecule has 6 aromatic carbocycles. The molecule has 0 radical (unpaired) electrons. The number of anilines is 6. The minimum Gasteiger partial charge on any atom is -0.353 e. The number of piperazine rings is 2. The molecule has 0 unspecified atom stereocenters. The summed E-state index contributed by atoms with van der Waals surface area (Å²) in [5.74, 6) is 3.04. The van der Waals surface area contributed by atoms with Gasteiger partial charge in [0.05, 0.1) is 41.0 Å². The van der Waals surface area contributed by atoms with Crippen molar-refractivity contribution in [3.8, 4) is 0 Å². The van der Waals surface area contributed by atoms with Gasteiger partial charge in [0.25, 0.3) is 0 Å². The molecule has 20 heteroatoms. The second kappa shape index (κ2) is 28.6. The molecular weight excluding hydrogens is 1120 g/mol. The van der Waals surface area contributed by atoms with Crippen LogP contribution in [0.2, 0.25) is 0 Å². The van der Waals surface area contributed by atoms with Crippen LogP contribution in [0.5, 0.6) is 0 Å². The first kappa shape index (κ1) is 60.1. The van der Waals surface area contributed by atoms with E-state index in [0.29, 0.717) is 37.1 Å². The monoisotopic (exact) mass is 1190 g/mol. The summed E-state index contributed by atoms with van der Waals surface area (Å²) >= 11 is 14.3. The van der Waals surface area contributed by atoms with Crippen LogP contribution in [0.25, 0.3) is 20.2 Å². The number of carbonyl (C=O) groups excluding carboxylic acids is 5. The van der Waals surface area contributed by atoms with Gasteiger partial charge in [-0.15, -0.1) is 35.6 Å². The summed E-state index contributed by atoms with van der Waals surface area (Å²) < 4.78 is 11.8. The first-order valence-corrected chi connectivity index (χ1v) is 29.1. The lowest BCUT2D eigenvalue weighted by atomic mass is 10.1. The molecule has 8 heterocycles. The van der Waals surface area contributed by atoms with Gasteiger partial charge in [-0.3, -0.25) is 28.9 Å². The van der Waals surface area contributed by atoms with Crippen molar-refractivity contribution in [2.75, 3.05) is 102 Å². The van der Waals surface area contributed by atoms with Gasteiger partial charge in [0.2, 0.25) is 23.6 Å². The molecule has 0 saturated carbocycles. The lowest BCUT2D eigenvalue weighted by molar-refractivity contribution is -0.115. The maximum absolute atomic E-state index is 11.5. The van der Waals surface area contributed by atoms with E-state index in [4.69, 9.17) is 27.6 Å². The molecule has 422 valence electrons. The number of alkyl halides is 2. The zero-order chi connectivity index (χ0) is 54.7. The molecule has 5 N–H and O–H groups in total. The summed E-state index contributed by atoms with van der Waals surface area (Å²) in [5, 5.41) is 17.1. The first-order valence-electron chi connectivity index (χ1n) is 26.5. The number of Topliss-reactive ketones (excluding diaryl/α,β-unsaturated/α-hetero) is 1. The van der Waals surface area contributed by atoms with Crippen LogP contribution < -0.4 is 36.4 Å². The topological polar surface area (TPSA) is 181 Å². The Bertz CT molecular complexity index is 3500. The molecule has 0 spiro atoms. The van der Waals surface area contributed by atoms with Gasteiger partial charge in [0.1, 0.15) is 11.6 Å². The van der Waals surface area contributed by atoms with Crippen molar-refractivity contribution in [2.24, 2.45) is 0 Å². The van der Waals surface area contributed by atoms with Crippen molar-refractivity contribution in [2.45, 2.75) is 46.0 Å². The molecule has 4 amide bonds. The highest BCUT2D eigenvalue weighted by Crippen LogP contribution is 2.32. The van der Waals surface area contributed by atoms with Crippen LogP contribution in [0.3, 0.4) is 0 Å². The number of hydrogen-bond donors (Lipinski definition) is 5. The number of aryl methyl sites for hydroxylation is 1. The highest BCUT2D eigenvalue weighted by atomic mass is 35.5. The maximum Gasteiger partial charge on any atom is 0.228 e. The highest BCUT2D eigenvalue weighted by Gasteiger charge is 2.23. The Morgan fingerprint density at radius 1 is 0.506 bits per heavy atom. The smallest absolute Gasteiger partial charge is 0.228 e. The van der Waals surface area contributed by atoms with Crippen molar-refractivity contribution in [1.29, 1.82) is 0 Å². The normalized spacial score (nSPS) is 15.4. The molecule has 8 aromatic rings. The summed E-state index contributed by atoms with van der Waals surface area (Å²) in [5.41, 5.74) is 11.0. The van der Waals surface area contributed by atoms with Crippen LogP contribution in [0.15, 0.2) is 127 Å². The van der Waals surface area contributed by atoms with Crippen LogP contribution in [-0.4, -0.2) is 114 Å². The number of halogens is 3. The second-order valence-corrected chi connectivity index (χ2v) is 22.0. The van der Waals surface area contributed by atoms with Crippen molar-refractivity contribution in [3.05, 3.63) is 166 Å². The number of ketones is 1. The Labute approximate surface area is 496 Å². The fourth-order valence-electron chi connectivity index (χ4n) is 10.2. The Morgan fingerprint density at radius 2 is 0.951 bits per heavy atom. The third-order valence-corrected chi connectivity index (χ3v) is 16.4. The number of nitrogens with zero attached hydrogens (tertiary/aromatic N) is 5. The fraction of sp³-hybridized carbons (Fsp3) is 0.295. The first-order chi connectivity index (χ1) is 38.6. The highest BCUT2D eigenvalue weighted by molar-refractivity contribution is 7.14. The van der Waals surface area contributed by atoms with Crippen molar-refractivity contribution >= 4 is 143 Å². The van der Waals surface area contributed by atoms with Gasteiger partial charge in [-0.1, -0.05) is 74.2 Å². The third-order valence-electron chi connectivity index (χ3n) is 14.3. The third kappa shape index (κ3) is 15.3. The number of fused-ring (bicyclic) bond motifs is 6. The summed E-state index contributed by atoms with van der Waals surface area (Å²) in [6, 6.07) is 42.2. The van der Waals surface area contributed by atoms with E-state index in [-0.39, 0.29) is 55.1 Å². The molecule has 15 nitrogen and oxygen atoms in total. The molecule has 6 aliphatic heterocycles. The van der Waals surface area contributed by atoms with Gasteiger partial charge >= 0.3 is 0 Å². The molecular formula is C61H65Cl3N10O5S2. The number of carbonyl (C=O) groups is 5. The summed E-state index contributed by atoms with van der Waals surface area (Å²) in [4.78, 5) is 62.9. The van der Waals surface area contributed by atoms with E-state index in [9.17, 15) is 24.0 Å². The molecule has 0 bridgehead atoms. The predicted molar refractivity (Wildman–Crippen MR) is 335 cm³/mol. The van der Waals surface area contributed by atoms with Crippen LogP contribution in [0, 0.1) is 0 Å². The number of nitrogens with one attached hydrogen (secondary N) is 5. The second-order valence-electron chi connectivity index (χ2n) is 19.7. The Balaban J connectivity index is 0.000000138. The van der Waals surface area contributed by atoms with Gasteiger partial charge in [-0.05, 0) is 130 Å². The lowest BCUT2D eigenvalue weighted by Gasteiger charge is -2.35. The van der Waals surface area contributed by atoms with Gasteiger partial charge in [-0.25, -0.2) is 0 Å². The van der Waals surface area contributed by atoms with Gasteiger partial charge in [-0.2, -0.15) is 8.75 Å². The molecule has 14 rings (SSSR count). The average molecular weight is 1190 g/mol. The average Bonchev–Trinajstić information content (AvgIpc) is 4.54. The number of amides is 4. The van der Waals surface area contributed by atoms with Gasteiger partial charge < -0.3 is 36.4 Å². The van der Waals surface area contributed by atoms with Crippen LogP contribution >= 0.6 is 58.7 Å². The van der Waals surface area contributed by atoms with Crippen molar-refractivity contribution in [3.63, 3.8) is 0 Å². The SMILES string of the molecule is C.Cl.O=C1Cc2cc(C(=O)CCl)ccc2N1.O=C1Cc2cc(CCCl)ccc2N1.O=C1Cc2cc(CCN3CCN(c4nsc5ccccc45)CC3)ccc2N1.O=C1Cc2ccccc2N1.c1ccc2c(N3CCNCC3)nsc2c1. The Kier molecular flexibility index (Phi) is 21.3. The lowest BCUT2D eigenvalue weighted by Crippen LogP contribution is -2.47. The summed E-state index contributed by atoms with van der Waals surface area (Å²) in [6.45, 7) is 9.49. The zero-order valence-corrected chi connectivity index (χ0v) is 47.9. The standard InChI is InChI=1S/C21H22N4OS.C11H13N3S.C10H8ClNO2.C10H10ClNO.C8H7NO.CH4.ClH/c26-20-14-16-13-15(5-6-18(16)22-20)7-8-24-9-11-25(12-10-24)21-17-3-1-2-4-19(17)27-23-21;1-2-4-10-9(3-1)11(13-15-10)14-7-5-12-6-8-14;11-5-9(13)6-1-2-8-7(3-6)4-10(14)12-8;11-4-3-7-1-2-9-8(5-7)6-10(13)12-9;10-8-5-6-3-1-2-4-7(6)9-8;;/h1-6,13H,7-12,14H2,(H,22,26);1-4,12H,5-8H2;1-3H,4-5H2,(H,12,14);1-2,5H,3-4,6H2,(H,12,13);1-4H,5H2,(H,9,10);1H4;1H. The molecule has 6 aliphatic rings. The van der Waals surface area contributed by atoms with Gasteiger partial charge in [0, 0.05) is 104 Å². The number of rotatable bonds is 9. The van der Waals surface area contributed by atoms with Crippen LogP contribution in [0.4, 0.5) is 34.4 Å². The minimum absolute atomic E-state index is 0. The molecule has 0 atom stereocenters. The van der Waals surface area contributed by atoms with E-state index < -0.39 is 0 Å². The molecule has 0 aliphatic carbocycles. The maximum atomic E-state index is 11.5. The van der Waals surface area contributed by atoms with E-state index in [2.05, 4.69) is 112 Å². The number of para-hydroxylation sites is 1. The van der Waals surface area contributed by atoms with Crippen LogP contribution in [0.1, 0.15) is 51.2 Å². The van der Waals surface area contributed by atoms with E-state index in [1.165, 1.54) is 31.3 Å². The van der Waals surface area contributed by atoms with E-state index in [1.54, 1.807) is 41.3 Å². The Morgan fingerprint density at radius 3 is 1.47 bits per heavy atom. The summed E-state index contributed by atoms with van der Waals surface area (Å²) in [6.07, 6.45) is 3.80. The Hall–Kier alpha value is -6.96. The number of benzene rings is 6. The molecule has 2 aromatic heterocycles. The van der Waals surface area contributed by atoms with Crippen LogP contribution in [-0.2, 0) is 57.7 Å². The van der Waals surface area contributed by atoms with Crippen molar-refractivity contribution in [1.82, 2.24) is 19.0 Å². The minimum atomic E-state index is -0.117. The molecule has 2 fully saturated rings. The fourth-order valence-corrected chi connectivity index (χ4v) is 12.1. The number of aromatic nitrogens is 2. The van der Waals surface area contributed by atoms with Crippen molar-refractivity contribution < 1.29 is 24.0 Å². The predicted octanol–water partition coefficient (Wildman–Crippen LogP) is 10.7. The quantitative estimate of drug-likeness (QED) is 0.0685. The number of hydrogen-bond acceptors (Lipinski definition) is 13. The molecule has 2 saturated heterocycles. The van der Waals surface area contributed by atoms with E-state index in [1.807, 2.05) is 42.5 Å². The zero-order valence-electron chi connectivity index (χ0n) is 43.9. The van der Waals surface area contributed by atoms with E-state index in [0.717, 1.165) is 128 Å². The van der Waals surface area contributed by atoms with E-state index >= 15 is 0 Å². The van der Waals surface area contributed by atoms with Gasteiger partial charge in [0.15, 0.2) is 5.78 Å². The molecule has 81 heavy (non-hydrogen) atoms. The largest absolute Gasteiger partial charge is 0.353 e.